The summed E-state index contributed by atoms with van der Waals surface area (Å²) in [7, 11) is 0. The van der Waals surface area contributed by atoms with Crippen molar-refractivity contribution in [3.05, 3.63) is 46.2 Å². The van der Waals surface area contributed by atoms with Crippen molar-refractivity contribution >= 4 is 23.2 Å². The van der Waals surface area contributed by atoms with Crippen LogP contribution in [-0.2, 0) is 6.42 Å². The molecule has 3 rings (SSSR count). The second-order valence-corrected chi connectivity index (χ2v) is 6.04. The van der Waals surface area contributed by atoms with E-state index in [0.29, 0.717) is 10.0 Å². The third-order valence-corrected chi connectivity index (χ3v) is 4.20. The summed E-state index contributed by atoms with van der Waals surface area (Å²) in [6.07, 6.45) is 8.84. The quantitative estimate of drug-likeness (QED) is 0.821. The summed E-state index contributed by atoms with van der Waals surface area (Å²) in [5.41, 5.74) is 2.18. The van der Waals surface area contributed by atoms with Crippen LogP contribution in [0.3, 0.4) is 0 Å². The van der Waals surface area contributed by atoms with E-state index >= 15 is 0 Å². The van der Waals surface area contributed by atoms with Gasteiger partial charge in [-0.05, 0) is 56.0 Å². The van der Waals surface area contributed by atoms with Gasteiger partial charge in [-0.25, -0.2) is 4.68 Å². The van der Waals surface area contributed by atoms with E-state index in [9.17, 15) is 0 Å². The first-order valence-corrected chi connectivity index (χ1v) is 7.70. The van der Waals surface area contributed by atoms with E-state index in [4.69, 9.17) is 23.2 Å². The number of halogens is 2. The standard InChI is InChI=1S/C15H17Cl2N3/c16-14-6-5-13(8-15(14)17)20-10-11(9-19-20)2-1-7-18-12-3-4-12/h5-6,8-10,12,18H,1-4,7H2. The SMILES string of the molecule is Clc1ccc(-n2cc(CCCNC3CC3)cn2)cc1Cl. The van der Waals surface area contributed by atoms with E-state index in [0.717, 1.165) is 31.1 Å². The minimum Gasteiger partial charge on any atom is -0.314 e. The van der Waals surface area contributed by atoms with Gasteiger partial charge in [-0.15, -0.1) is 0 Å². The third-order valence-electron chi connectivity index (χ3n) is 3.46. The van der Waals surface area contributed by atoms with Crippen molar-refractivity contribution in [1.29, 1.82) is 0 Å². The van der Waals surface area contributed by atoms with Crippen LogP contribution in [0, 0.1) is 0 Å². The van der Waals surface area contributed by atoms with Gasteiger partial charge in [0.1, 0.15) is 0 Å². The van der Waals surface area contributed by atoms with Crippen LogP contribution in [0.1, 0.15) is 24.8 Å². The molecule has 0 bridgehead atoms. The fourth-order valence-corrected chi connectivity index (χ4v) is 2.44. The van der Waals surface area contributed by atoms with Gasteiger partial charge in [0.05, 0.1) is 21.9 Å². The number of hydrogen-bond donors (Lipinski definition) is 1. The second kappa shape index (κ2) is 6.17. The minimum absolute atomic E-state index is 0.551. The molecule has 0 unspecified atom stereocenters. The number of nitrogens with one attached hydrogen (secondary N) is 1. The number of hydrogen-bond acceptors (Lipinski definition) is 2. The normalized spacial score (nSPS) is 14.7. The molecule has 1 aromatic carbocycles. The van der Waals surface area contributed by atoms with Crippen LogP contribution in [0.4, 0.5) is 0 Å². The monoisotopic (exact) mass is 309 g/mol. The summed E-state index contributed by atoms with van der Waals surface area (Å²) < 4.78 is 1.84. The van der Waals surface area contributed by atoms with Gasteiger partial charge in [0.2, 0.25) is 0 Å². The highest BCUT2D eigenvalue weighted by Gasteiger charge is 2.19. The van der Waals surface area contributed by atoms with Crippen LogP contribution in [0.25, 0.3) is 5.69 Å². The van der Waals surface area contributed by atoms with Crippen molar-refractivity contribution in [3.63, 3.8) is 0 Å². The Labute approximate surface area is 128 Å². The number of benzene rings is 1. The van der Waals surface area contributed by atoms with Crippen molar-refractivity contribution in [2.24, 2.45) is 0 Å². The molecule has 1 saturated carbocycles. The van der Waals surface area contributed by atoms with Crippen molar-refractivity contribution in [1.82, 2.24) is 15.1 Å². The largest absolute Gasteiger partial charge is 0.314 e. The Hall–Kier alpha value is -1.03. The highest BCUT2D eigenvalue weighted by atomic mass is 35.5. The Balaban J connectivity index is 1.58. The van der Waals surface area contributed by atoms with Crippen LogP contribution in [0.5, 0.6) is 0 Å². The molecule has 3 nitrogen and oxygen atoms in total. The second-order valence-electron chi connectivity index (χ2n) is 5.22. The first-order chi connectivity index (χ1) is 9.72. The van der Waals surface area contributed by atoms with E-state index in [1.165, 1.54) is 18.4 Å². The molecule has 0 amide bonds. The Bertz CT molecular complexity index is 591. The zero-order chi connectivity index (χ0) is 13.9. The number of aromatic nitrogens is 2. The summed E-state index contributed by atoms with van der Waals surface area (Å²) in [6, 6.07) is 6.32. The van der Waals surface area contributed by atoms with Crippen LogP contribution >= 0.6 is 23.2 Å². The molecule has 5 heteroatoms. The van der Waals surface area contributed by atoms with Gasteiger partial charge >= 0.3 is 0 Å². The van der Waals surface area contributed by atoms with Crippen molar-refractivity contribution in [3.8, 4) is 5.69 Å². The molecule has 1 fully saturated rings. The Morgan fingerprint density at radius 1 is 1.25 bits per heavy atom. The summed E-state index contributed by atoms with van der Waals surface area (Å²) in [4.78, 5) is 0. The molecular weight excluding hydrogens is 293 g/mol. The molecule has 1 aromatic heterocycles. The average molecular weight is 310 g/mol. The maximum Gasteiger partial charge on any atom is 0.0661 e. The summed E-state index contributed by atoms with van der Waals surface area (Å²) in [5.74, 6) is 0. The maximum absolute atomic E-state index is 6.03. The van der Waals surface area contributed by atoms with E-state index in [1.54, 1.807) is 6.07 Å². The van der Waals surface area contributed by atoms with E-state index in [2.05, 4.69) is 16.6 Å². The van der Waals surface area contributed by atoms with Crippen LogP contribution in [0.2, 0.25) is 10.0 Å². The number of rotatable bonds is 6. The number of aryl methyl sites for hydroxylation is 1. The fourth-order valence-electron chi connectivity index (χ4n) is 2.14. The number of nitrogens with zero attached hydrogens (tertiary/aromatic N) is 2. The fraction of sp³-hybridized carbons (Fsp3) is 0.400. The molecule has 1 aliphatic rings. The van der Waals surface area contributed by atoms with Gasteiger partial charge < -0.3 is 5.32 Å². The minimum atomic E-state index is 0.551. The predicted molar refractivity (Wildman–Crippen MR) is 82.9 cm³/mol. The molecule has 1 heterocycles. The van der Waals surface area contributed by atoms with Crippen LogP contribution in [-0.4, -0.2) is 22.4 Å². The molecule has 0 aliphatic heterocycles. The summed E-state index contributed by atoms with van der Waals surface area (Å²) >= 11 is 11.9. The van der Waals surface area contributed by atoms with Gasteiger partial charge in [-0.3, -0.25) is 0 Å². The van der Waals surface area contributed by atoms with E-state index < -0.39 is 0 Å². The molecule has 0 atom stereocenters. The molecule has 0 saturated heterocycles. The topological polar surface area (TPSA) is 29.9 Å². The lowest BCUT2D eigenvalue weighted by Crippen LogP contribution is -2.17. The Morgan fingerprint density at radius 2 is 2.10 bits per heavy atom. The summed E-state index contributed by atoms with van der Waals surface area (Å²) in [5, 5.41) is 9.01. The van der Waals surface area contributed by atoms with Gasteiger partial charge in [0.25, 0.3) is 0 Å². The lowest BCUT2D eigenvalue weighted by molar-refractivity contribution is 0.645. The third kappa shape index (κ3) is 3.54. The molecule has 20 heavy (non-hydrogen) atoms. The molecule has 1 aliphatic carbocycles. The first kappa shape index (κ1) is 13.9. The Kier molecular flexibility index (Phi) is 4.29. The highest BCUT2D eigenvalue weighted by molar-refractivity contribution is 6.42. The molecule has 2 aromatic rings. The van der Waals surface area contributed by atoms with Gasteiger partial charge in [0.15, 0.2) is 0 Å². The van der Waals surface area contributed by atoms with E-state index in [-0.39, 0.29) is 0 Å². The smallest absolute Gasteiger partial charge is 0.0661 e. The molecule has 0 spiro atoms. The van der Waals surface area contributed by atoms with Crippen LogP contribution < -0.4 is 5.32 Å². The maximum atomic E-state index is 6.03. The molecule has 106 valence electrons. The predicted octanol–water partition coefficient (Wildman–Crippen LogP) is 3.86. The lowest BCUT2D eigenvalue weighted by atomic mass is 10.2. The molecule has 0 radical (unpaired) electrons. The Morgan fingerprint density at radius 3 is 2.85 bits per heavy atom. The van der Waals surface area contributed by atoms with Gasteiger partial charge in [0, 0.05) is 12.2 Å². The zero-order valence-electron chi connectivity index (χ0n) is 11.1. The van der Waals surface area contributed by atoms with Gasteiger partial charge in [-0.2, -0.15) is 5.10 Å². The zero-order valence-corrected chi connectivity index (χ0v) is 12.7. The van der Waals surface area contributed by atoms with Crippen molar-refractivity contribution < 1.29 is 0 Å². The highest BCUT2D eigenvalue weighted by Crippen LogP contribution is 2.24. The van der Waals surface area contributed by atoms with Crippen molar-refractivity contribution in [2.75, 3.05) is 6.54 Å². The van der Waals surface area contributed by atoms with Crippen molar-refractivity contribution in [2.45, 2.75) is 31.7 Å². The average Bonchev–Trinajstić information content (AvgIpc) is 3.15. The molecular formula is C15H17Cl2N3. The van der Waals surface area contributed by atoms with Gasteiger partial charge in [-0.1, -0.05) is 23.2 Å². The van der Waals surface area contributed by atoms with Crippen LogP contribution in [0.15, 0.2) is 30.6 Å². The summed E-state index contributed by atoms with van der Waals surface area (Å²) in [6.45, 7) is 1.09. The lowest BCUT2D eigenvalue weighted by Gasteiger charge is -2.03. The van der Waals surface area contributed by atoms with E-state index in [1.807, 2.05) is 23.0 Å². The molecule has 1 N–H and O–H groups in total. The first-order valence-electron chi connectivity index (χ1n) is 6.95.